The van der Waals surface area contributed by atoms with Crippen LogP contribution < -0.4 is 0 Å². The largest absolute Gasteiger partial charge is 0.509 e. The minimum absolute atomic E-state index is 0.126. The Labute approximate surface area is 204 Å². The highest BCUT2D eigenvalue weighted by Gasteiger charge is 2.48. The van der Waals surface area contributed by atoms with Crippen molar-refractivity contribution in [3.05, 3.63) is 11.3 Å². The zero-order chi connectivity index (χ0) is 26.9. The van der Waals surface area contributed by atoms with Crippen LogP contribution in [0.15, 0.2) is 11.3 Å². The van der Waals surface area contributed by atoms with Crippen molar-refractivity contribution in [2.24, 2.45) is 5.92 Å². The van der Waals surface area contributed by atoms with Crippen LogP contribution >= 0.6 is 0 Å². The fraction of sp³-hybridized carbons (Fsp3) is 0.909. The summed E-state index contributed by atoms with van der Waals surface area (Å²) in [5.41, 5.74) is 0.244. The molecule has 11 atom stereocenters. The second-order valence-electron chi connectivity index (χ2n) is 8.70. The molecule has 208 valence electrons. The van der Waals surface area contributed by atoms with Gasteiger partial charge in [0.05, 0.1) is 24.9 Å². The maximum absolute atomic E-state index is 10.6. The van der Waals surface area contributed by atoms with E-state index in [0.717, 1.165) is 0 Å². The van der Waals surface area contributed by atoms with Gasteiger partial charge in [0, 0.05) is 25.6 Å². The zero-order valence-electron chi connectivity index (χ0n) is 20.3. The van der Waals surface area contributed by atoms with Gasteiger partial charge in [-0.1, -0.05) is 13.8 Å². The number of aliphatic hydroxyl groups is 10. The SMILES string of the molecule is CC/C(=C(/O)C(CCO)OC1OC(CO)C(OC(O)C(C)C(O)C(O)CCO)C(O)C1O)C(C)O. The summed E-state index contributed by atoms with van der Waals surface area (Å²) < 4.78 is 16.5. The Bertz CT molecular complexity index is 628. The molecule has 13 nitrogen and oxygen atoms in total. The minimum Gasteiger partial charge on any atom is -0.509 e. The molecule has 1 heterocycles. The number of hydrogen-bond donors (Lipinski definition) is 10. The van der Waals surface area contributed by atoms with Crippen LogP contribution in [0, 0.1) is 5.92 Å². The maximum Gasteiger partial charge on any atom is 0.187 e. The molecule has 0 spiro atoms. The van der Waals surface area contributed by atoms with E-state index < -0.39 is 87.2 Å². The van der Waals surface area contributed by atoms with Gasteiger partial charge in [0.2, 0.25) is 0 Å². The van der Waals surface area contributed by atoms with Crippen LogP contribution in [-0.4, -0.2) is 132 Å². The van der Waals surface area contributed by atoms with Gasteiger partial charge in [-0.15, -0.1) is 0 Å². The predicted molar refractivity (Wildman–Crippen MR) is 120 cm³/mol. The van der Waals surface area contributed by atoms with Gasteiger partial charge in [0.25, 0.3) is 0 Å². The smallest absolute Gasteiger partial charge is 0.187 e. The number of hydrogen-bond acceptors (Lipinski definition) is 13. The second-order valence-corrected chi connectivity index (χ2v) is 8.70. The summed E-state index contributed by atoms with van der Waals surface area (Å²) in [7, 11) is 0. The molecule has 0 saturated carbocycles. The summed E-state index contributed by atoms with van der Waals surface area (Å²) in [4.78, 5) is 0. The van der Waals surface area contributed by atoms with E-state index in [0.29, 0.717) is 0 Å². The highest BCUT2D eigenvalue weighted by atomic mass is 16.7. The third kappa shape index (κ3) is 8.55. The maximum atomic E-state index is 10.6. The lowest BCUT2D eigenvalue weighted by molar-refractivity contribution is -0.336. The number of rotatable bonds is 15. The van der Waals surface area contributed by atoms with E-state index in [1.165, 1.54) is 13.8 Å². The van der Waals surface area contributed by atoms with Gasteiger partial charge in [-0.25, -0.2) is 0 Å². The topological polar surface area (TPSA) is 230 Å². The molecule has 0 amide bonds. The number of ether oxygens (including phenoxy) is 3. The van der Waals surface area contributed by atoms with Gasteiger partial charge >= 0.3 is 0 Å². The lowest BCUT2D eigenvalue weighted by Gasteiger charge is -2.44. The van der Waals surface area contributed by atoms with Gasteiger partial charge < -0.3 is 65.3 Å². The summed E-state index contributed by atoms with van der Waals surface area (Å²) in [5.74, 6) is -1.45. The van der Waals surface area contributed by atoms with E-state index in [2.05, 4.69) is 0 Å². The van der Waals surface area contributed by atoms with Crippen molar-refractivity contribution in [2.75, 3.05) is 19.8 Å². The summed E-state index contributed by atoms with van der Waals surface area (Å²) in [6.07, 6.45) is -14.7. The predicted octanol–water partition coefficient (Wildman–Crippen LogP) is -2.76. The summed E-state index contributed by atoms with van der Waals surface area (Å²) >= 11 is 0. The Balaban J connectivity index is 3.01. The normalized spacial score (nSPS) is 31.3. The molecule has 1 aliphatic heterocycles. The van der Waals surface area contributed by atoms with E-state index in [4.69, 9.17) is 19.3 Å². The molecule has 0 aromatic carbocycles. The molecule has 1 saturated heterocycles. The van der Waals surface area contributed by atoms with Crippen molar-refractivity contribution in [2.45, 2.75) is 101 Å². The third-order valence-electron chi connectivity index (χ3n) is 6.13. The van der Waals surface area contributed by atoms with Crippen molar-refractivity contribution in [1.82, 2.24) is 0 Å². The van der Waals surface area contributed by atoms with Crippen molar-refractivity contribution in [3.63, 3.8) is 0 Å². The Hall–Kier alpha value is -0.940. The minimum atomic E-state index is -1.78. The molecular formula is C22H42O13. The Morgan fingerprint density at radius 1 is 0.914 bits per heavy atom. The summed E-state index contributed by atoms with van der Waals surface area (Å²) in [6.45, 7) is 2.95. The van der Waals surface area contributed by atoms with Crippen molar-refractivity contribution < 1.29 is 65.3 Å². The van der Waals surface area contributed by atoms with Gasteiger partial charge in [-0.05, 0) is 25.3 Å². The van der Waals surface area contributed by atoms with Crippen LogP contribution in [0.5, 0.6) is 0 Å². The van der Waals surface area contributed by atoms with Crippen LogP contribution in [0.1, 0.15) is 40.0 Å². The first-order chi connectivity index (χ1) is 16.4. The van der Waals surface area contributed by atoms with E-state index in [1.807, 2.05) is 0 Å². The fourth-order valence-electron chi connectivity index (χ4n) is 3.89. The van der Waals surface area contributed by atoms with Crippen LogP contribution in [0.25, 0.3) is 0 Å². The first kappa shape index (κ1) is 32.1. The highest BCUT2D eigenvalue weighted by molar-refractivity contribution is 5.15. The molecule has 11 unspecified atom stereocenters. The third-order valence-corrected chi connectivity index (χ3v) is 6.13. The Kier molecular flexibility index (Phi) is 14.1. The van der Waals surface area contributed by atoms with Gasteiger partial charge in [0.15, 0.2) is 12.6 Å². The molecule has 0 bridgehead atoms. The summed E-state index contributed by atoms with van der Waals surface area (Å²) in [5, 5.41) is 100.0. The van der Waals surface area contributed by atoms with Crippen LogP contribution in [-0.2, 0) is 14.2 Å². The van der Waals surface area contributed by atoms with E-state index in [9.17, 15) is 46.0 Å². The van der Waals surface area contributed by atoms with Crippen molar-refractivity contribution in [3.8, 4) is 0 Å². The first-order valence-electron chi connectivity index (χ1n) is 11.7. The van der Waals surface area contributed by atoms with E-state index >= 15 is 0 Å². The molecule has 1 fully saturated rings. The molecule has 35 heavy (non-hydrogen) atoms. The molecule has 0 radical (unpaired) electrons. The molecule has 13 heteroatoms. The molecule has 10 N–H and O–H groups in total. The monoisotopic (exact) mass is 514 g/mol. The zero-order valence-corrected chi connectivity index (χ0v) is 20.3. The van der Waals surface area contributed by atoms with Crippen molar-refractivity contribution in [1.29, 1.82) is 0 Å². The van der Waals surface area contributed by atoms with Crippen LogP contribution in [0.3, 0.4) is 0 Å². The quantitative estimate of drug-likeness (QED) is 0.0789. The average Bonchev–Trinajstić information content (AvgIpc) is 2.82. The summed E-state index contributed by atoms with van der Waals surface area (Å²) in [6, 6.07) is 0. The van der Waals surface area contributed by atoms with Crippen molar-refractivity contribution >= 4 is 0 Å². The number of aliphatic hydroxyl groups excluding tert-OH is 10. The Morgan fingerprint density at radius 3 is 2.00 bits per heavy atom. The van der Waals surface area contributed by atoms with E-state index in [-0.39, 0.29) is 30.6 Å². The standard InChI is InChI=1S/C22H42O13/c1-4-12(11(3)26)17(29)14(6-8-24)33-22-19(31)18(30)20(15(9-25)34-22)35-21(32)10(2)16(28)13(27)5-7-23/h10-11,13-16,18-32H,4-9H2,1-3H3/b17-12-. The van der Waals surface area contributed by atoms with Gasteiger partial charge in [0.1, 0.15) is 36.3 Å². The first-order valence-corrected chi connectivity index (χ1v) is 11.7. The van der Waals surface area contributed by atoms with Crippen LogP contribution in [0.4, 0.5) is 0 Å². The lowest BCUT2D eigenvalue weighted by atomic mass is 9.95. The molecule has 0 aliphatic carbocycles. The second kappa shape index (κ2) is 15.3. The molecule has 1 rings (SSSR count). The fourth-order valence-corrected chi connectivity index (χ4v) is 3.89. The van der Waals surface area contributed by atoms with Crippen LogP contribution in [0.2, 0.25) is 0 Å². The van der Waals surface area contributed by atoms with Gasteiger partial charge in [-0.2, -0.15) is 0 Å². The average molecular weight is 515 g/mol. The Morgan fingerprint density at radius 2 is 1.51 bits per heavy atom. The molecular weight excluding hydrogens is 472 g/mol. The highest BCUT2D eigenvalue weighted by Crippen LogP contribution is 2.29. The molecule has 0 aromatic rings. The molecule has 0 aromatic heterocycles. The lowest BCUT2D eigenvalue weighted by Crippen LogP contribution is -2.61. The molecule has 1 aliphatic rings. The van der Waals surface area contributed by atoms with E-state index in [1.54, 1.807) is 6.92 Å². The van der Waals surface area contributed by atoms with Gasteiger partial charge in [-0.3, -0.25) is 0 Å².